The van der Waals surface area contributed by atoms with Gasteiger partial charge in [-0.25, -0.2) is 4.98 Å². The van der Waals surface area contributed by atoms with E-state index in [9.17, 15) is 4.79 Å². The highest BCUT2D eigenvalue weighted by Crippen LogP contribution is 2.37. The van der Waals surface area contributed by atoms with Crippen LogP contribution in [0.4, 0.5) is 5.13 Å². The van der Waals surface area contributed by atoms with Crippen LogP contribution in [0.5, 0.6) is 11.5 Å². The molecule has 0 bridgehead atoms. The number of rotatable bonds is 5. The number of fused-ring (bicyclic) bond motifs is 2. The second-order valence-electron chi connectivity index (χ2n) is 7.54. The second kappa shape index (κ2) is 8.06. The third kappa shape index (κ3) is 3.73. The molecule has 0 aliphatic carbocycles. The SMILES string of the molecule is Cc1ccc(Cl)c2sc(N(C[C@@H]3CCCO3)C(=O)Cc3ccc4c(c3)OCO4)nc12. The van der Waals surface area contributed by atoms with Crippen LogP contribution in [0.1, 0.15) is 24.0 Å². The molecule has 1 atom stereocenters. The summed E-state index contributed by atoms with van der Waals surface area (Å²) in [6.45, 7) is 3.43. The number of halogens is 1. The van der Waals surface area contributed by atoms with Gasteiger partial charge in [-0.1, -0.05) is 35.1 Å². The molecule has 0 N–H and O–H groups in total. The topological polar surface area (TPSA) is 60.9 Å². The fourth-order valence-corrected chi connectivity index (χ4v) is 5.15. The number of benzene rings is 2. The Bertz CT molecular complexity index is 1070. The van der Waals surface area contributed by atoms with Crippen LogP contribution in [0.15, 0.2) is 30.3 Å². The summed E-state index contributed by atoms with van der Waals surface area (Å²) < 4.78 is 17.5. The van der Waals surface area contributed by atoms with Crippen LogP contribution >= 0.6 is 22.9 Å². The zero-order chi connectivity index (χ0) is 20.7. The number of amides is 1. The third-order valence-corrected chi connectivity index (χ3v) is 6.96. The largest absolute Gasteiger partial charge is 0.454 e. The maximum atomic E-state index is 13.4. The number of hydrogen-bond donors (Lipinski definition) is 0. The van der Waals surface area contributed by atoms with Gasteiger partial charge in [0.1, 0.15) is 0 Å². The van der Waals surface area contributed by atoms with E-state index in [4.69, 9.17) is 30.8 Å². The second-order valence-corrected chi connectivity index (χ2v) is 8.93. The molecular weight excluding hydrogens is 424 g/mol. The van der Waals surface area contributed by atoms with Gasteiger partial charge in [0, 0.05) is 6.61 Å². The maximum absolute atomic E-state index is 13.4. The maximum Gasteiger partial charge on any atom is 0.233 e. The van der Waals surface area contributed by atoms with Gasteiger partial charge in [-0.05, 0) is 49.1 Å². The molecule has 0 radical (unpaired) electrons. The number of thiazole rings is 1. The molecular formula is C22H21ClN2O4S. The van der Waals surface area contributed by atoms with Crippen molar-refractivity contribution in [3.8, 4) is 11.5 Å². The molecule has 30 heavy (non-hydrogen) atoms. The molecule has 156 valence electrons. The van der Waals surface area contributed by atoms with Crippen molar-refractivity contribution in [1.29, 1.82) is 0 Å². The average molecular weight is 445 g/mol. The van der Waals surface area contributed by atoms with E-state index in [1.54, 1.807) is 4.90 Å². The van der Waals surface area contributed by atoms with Gasteiger partial charge >= 0.3 is 0 Å². The number of aromatic nitrogens is 1. The summed E-state index contributed by atoms with van der Waals surface area (Å²) in [5.41, 5.74) is 2.75. The first-order valence-electron chi connectivity index (χ1n) is 9.94. The minimum absolute atomic E-state index is 0.0225. The zero-order valence-electron chi connectivity index (χ0n) is 16.5. The molecule has 1 saturated heterocycles. The number of anilines is 1. The summed E-state index contributed by atoms with van der Waals surface area (Å²) in [5.74, 6) is 1.35. The van der Waals surface area contributed by atoms with E-state index in [0.29, 0.717) is 28.2 Å². The highest BCUT2D eigenvalue weighted by Gasteiger charge is 2.27. The smallest absolute Gasteiger partial charge is 0.233 e. The molecule has 6 nitrogen and oxygen atoms in total. The standard InChI is InChI=1S/C22H21ClN2O4S/c1-13-4-6-16(23)21-20(13)24-22(30-21)25(11-15-3-2-8-27-15)19(26)10-14-5-7-17-18(9-14)29-12-28-17/h4-7,9,15H,2-3,8,10-12H2,1H3/t15-/m0/s1. The van der Waals surface area contributed by atoms with Crippen molar-refractivity contribution in [2.45, 2.75) is 32.3 Å². The van der Waals surface area contributed by atoms with Crippen LogP contribution in [0.2, 0.25) is 5.02 Å². The van der Waals surface area contributed by atoms with Crippen molar-refractivity contribution in [3.63, 3.8) is 0 Å². The quantitative estimate of drug-likeness (QED) is 0.568. The Morgan fingerprint density at radius 1 is 1.27 bits per heavy atom. The molecule has 1 amide bonds. The van der Waals surface area contributed by atoms with Gasteiger partial charge in [-0.3, -0.25) is 9.69 Å². The number of ether oxygens (including phenoxy) is 3. The summed E-state index contributed by atoms with van der Waals surface area (Å²) in [7, 11) is 0. The monoisotopic (exact) mass is 444 g/mol. The first-order valence-corrected chi connectivity index (χ1v) is 11.1. The van der Waals surface area contributed by atoms with Crippen LogP contribution in [0, 0.1) is 6.92 Å². The normalized spacial score (nSPS) is 17.6. The van der Waals surface area contributed by atoms with Gasteiger partial charge in [-0.15, -0.1) is 0 Å². The summed E-state index contributed by atoms with van der Waals surface area (Å²) in [4.78, 5) is 19.9. The fraction of sp³-hybridized carbons (Fsp3) is 0.364. The minimum Gasteiger partial charge on any atom is -0.454 e. The van der Waals surface area contributed by atoms with Crippen molar-refractivity contribution >= 4 is 44.2 Å². The summed E-state index contributed by atoms with van der Waals surface area (Å²) >= 11 is 7.85. The number of nitrogens with zero attached hydrogens (tertiary/aromatic N) is 2. The van der Waals surface area contributed by atoms with Gasteiger partial charge in [0.15, 0.2) is 16.6 Å². The van der Waals surface area contributed by atoms with Crippen LogP contribution in [-0.4, -0.2) is 36.9 Å². The molecule has 2 aromatic carbocycles. The molecule has 0 spiro atoms. The number of carbonyl (C=O) groups excluding carboxylic acids is 1. The zero-order valence-corrected chi connectivity index (χ0v) is 18.1. The van der Waals surface area contributed by atoms with Crippen molar-refractivity contribution in [3.05, 3.63) is 46.5 Å². The number of carbonyl (C=O) groups is 1. The molecule has 2 aliphatic heterocycles. The fourth-order valence-electron chi connectivity index (χ4n) is 3.81. The van der Waals surface area contributed by atoms with E-state index in [-0.39, 0.29) is 25.2 Å². The highest BCUT2D eigenvalue weighted by atomic mass is 35.5. The van der Waals surface area contributed by atoms with Crippen LogP contribution in [0.3, 0.4) is 0 Å². The van der Waals surface area contributed by atoms with E-state index in [1.807, 2.05) is 37.3 Å². The van der Waals surface area contributed by atoms with E-state index >= 15 is 0 Å². The summed E-state index contributed by atoms with van der Waals surface area (Å²) in [6.07, 6.45) is 2.22. The van der Waals surface area contributed by atoms with Gasteiger partial charge in [0.05, 0.1) is 34.3 Å². The molecule has 8 heteroatoms. The lowest BCUT2D eigenvalue weighted by molar-refractivity contribution is -0.118. The lowest BCUT2D eigenvalue weighted by Crippen LogP contribution is -2.38. The Morgan fingerprint density at radius 2 is 2.13 bits per heavy atom. The van der Waals surface area contributed by atoms with Crippen LogP contribution < -0.4 is 14.4 Å². The Kier molecular flexibility index (Phi) is 5.26. The van der Waals surface area contributed by atoms with Crippen molar-refractivity contribution in [2.75, 3.05) is 24.8 Å². The third-order valence-electron chi connectivity index (χ3n) is 5.42. The Balaban J connectivity index is 1.46. The molecule has 3 heterocycles. The molecule has 5 rings (SSSR count). The van der Waals surface area contributed by atoms with E-state index < -0.39 is 0 Å². The Labute approximate surface area is 183 Å². The first kappa shape index (κ1) is 19.6. The number of hydrogen-bond acceptors (Lipinski definition) is 6. The summed E-state index contributed by atoms with van der Waals surface area (Å²) in [5, 5.41) is 1.31. The Hall–Kier alpha value is -2.35. The predicted octanol–water partition coefficient (Wildman–Crippen LogP) is 4.74. The van der Waals surface area contributed by atoms with Crippen molar-refractivity contribution in [2.24, 2.45) is 0 Å². The van der Waals surface area contributed by atoms with E-state index in [0.717, 1.165) is 40.8 Å². The van der Waals surface area contributed by atoms with E-state index in [1.165, 1.54) is 11.3 Å². The molecule has 1 aromatic heterocycles. The molecule has 2 aliphatic rings. The van der Waals surface area contributed by atoms with Crippen molar-refractivity contribution in [1.82, 2.24) is 4.98 Å². The predicted molar refractivity (Wildman–Crippen MR) is 117 cm³/mol. The number of aryl methyl sites for hydroxylation is 1. The summed E-state index contributed by atoms with van der Waals surface area (Å²) in [6, 6.07) is 9.43. The molecule has 1 fully saturated rings. The molecule has 3 aromatic rings. The average Bonchev–Trinajstić information content (AvgIpc) is 3.49. The van der Waals surface area contributed by atoms with Crippen molar-refractivity contribution < 1.29 is 19.0 Å². The van der Waals surface area contributed by atoms with Gasteiger partial charge < -0.3 is 14.2 Å². The van der Waals surface area contributed by atoms with Crippen LogP contribution in [0.25, 0.3) is 10.2 Å². The minimum atomic E-state index is -0.0304. The van der Waals surface area contributed by atoms with Gasteiger partial charge in [0.2, 0.25) is 12.7 Å². The van der Waals surface area contributed by atoms with E-state index in [2.05, 4.69) is 0 Å². The molecule has 0 saturated carbocycles. The van der Waals surface area contributed by atoms with Gasteiger partial charge in [-0.2, -0.15) is 0 Å². The molecule has 0 unspecified atom stereocenters. The highest BCUT2D eigenvalue weighted by molar-refractivity contribution is 7.23. The van der Waals surface area contributed by atoms with Gasteiger partial charge in [0.25, 0.3) is 0 Å². The Morgan fingerprint density at radius 3 is 2.93 bits per heavy atom. The lowest BCUT2D eigenvalue weighted by atomic mass is 10.1. The first-order chi connectivity index (χ1) is 14.6. The van der Waals surface area contributed by atoms with Crippen LogP contribution in [-0.2, 0) is 16.0 Å². The lowest BCUT2D eigenvalue weighted by Gasteiger charge is -2.23.